The van der Waals surface area contributed by atoms with Crippen LogP contribution < -0.4 is 10.9 Å². The van der Waals surface area contributed by atoms with Crippen molar-refractivity contribution in [2.24, 2.45) is 7.05 Å². The number of pyridine rings is 1. The zero-order chi connectivity index (χ0) is 23.7. The summed E-state index contributed by atoms with van der Waals surface area (Å²) in [5.74, 6) is -0.134. The van der Waals surface area contributed by atoms with Crippen molar-refractivity contribution in [1.29, 1.82) is 0 Å². The number of rotatable bonds is 4. The number of anilines is 2. The number of nitrogens with zero attached hydrogens (tertiary/aromatic N) is 2. The van der Waals surface area contributed by atoms with Crippen molar-refractivity contribution in [3.8, 4) is 0 Å². The molecule has 0 unspecified atom stereocenters. The maximum absolute atomic E-state index is 13.5. The lowest BCUT2D eigenvalue weighted by atomic mass is 9.89. The molecule has 0 saturated carbocycles. The van der Waals surface area contributed by atoms with Gasteiger partial charge in [-0.2, -0.15) is 0 Å². The van der Waals surface area contributed by atoms with Crippen LogP contribution in [0, 0.1) is 19.7 Å². The molecule has 0 bridgehead atoms. The molecule has 1 aromatic heterocycles. The summed E-state index contributed by atoms with van der Waals surface area (Å²) in [6.45, 7) is 5.12. The van der Waals surface area contributed by atoms with Gasteiger partial charge in [0.25, 0.3) is 11.5 Å². The summed E-state index contributed by atoms with van der Waals surface area (Å²) in [5, 5.41) is 3.23. The Labute approximate surface area is 197 Å². The molecule has 0 radical (unpaired) electrons. The van der Waals surface area contributed by atoms with E-state index in [4.69, 9.17) is 11.6 Å². The van der Waals surface area contributed by atoms with E-state index >= 15 is 0 Å². The maximum Gasteiger partial charge on any atom is 0.271 e. The van der Waals surface area contributed by atoms with E-state index in [1.807, 2.05) is 44.2 Å². The standard InChI is InChI=1S/C26H27ClFN3O2/c1-16-4-9-22(17(2)14-16)29-24-21(15-30(3)26(33)23(24)27)25(32)31-12-10-19(11-13-31)18-5-7-20(28)8-6-18/h4-9,14-15,19,29H,10-13H2,1-3H3. The number of carbonyl (C=O) groups is 1. The highest BCUT2D eigenvalue weighted by atomic mass is 35.5. The van der Waals surface area contributed by atoms with Gasteiger partial charge in [-0.05, 0) is 61.9 Å². The minimum atomic E-state index is -0.365. The number of aryl methyl sites for hydroxylation is 3. The van der Waals surface area contributed by atoms with Crippen LogP contribution in [0.15, 0.2) is 53.5 Å². The zero-order valence-electron chi connectivity index (χ0n) is 19.0. The lowest BCUT2D eigenvalue weighted by Crippen LogP contribution is -2.39. The summed E-state index contributed by atoms with van der Waals surface area (Å²) >= 11 is 6.44. The SMILES string of the molecule is Cc1ccc(Nc2c(C(=O)N3CCC(c4ccc(F)cc4)CC3)cn(C)c(=O)c2Cl)c(C)c1. The van der Waals surface area contributed by atoms with Crippen LogP contribution >= 0.6 is 11.6 Å². The van der Waals surface area contributed by atoms with Crippen molar-refractivity contribution in [3.63, 3.8) is 0 Å². The number of hydrogen-bond acceptors (Lipinski definition) is 3. The fourth-order valence-corrected chi connectivity index (χ4v) is 4.67. The van der Waals surface area contributed by atoms with E-state index in [0.29, 0.717) is 24.3 Å². The van der Waals surface area contributed by atoms with Gasteiger partial charge in [0.15, 0.2) is 0 Å². The first kappa shape index (κ1) is 23.1. The highest BCUT2D eigenvalue weighted by Crippen LogP contribution is 2.32. The Morgan fingerprint density at radius 1 is 1.09 bits per heavy atom. The number of aromatic nitrogens is 1. The summed E-state index contributed by atoms with van der Waals surface area (Å²) < 4.78 is 14.6. The van der Waals surface area contributed by atoms with Gasteiger partial charge in [-0.3, -0.25) is 9.59 Å². The summed E-state index contributed by atoms with van der Waals surface area (Å²) in [5.41, 5.74) is 4.32. The Kier molecular flexibility index (Phi) is 6.56. The van der Waals surface area contributed by atoms with Gasteiger partial charge in [0.05, 0.1) is 11.3 Å². The first-order chi connectivity index (χ1) is 15.7. The summed E-state index contributed by atoms with van der Waals surface area (Å²) in [6.07, 6.45) is 3.13. The van der Waals surface area contributed by atoms with Gasteiger partial charge in [0.1, 0.15) is 10.8 Å². The molecule has 1 amide bonds. The van der Waals surface area contributed by atoms with E-state index in [1.54, 1.807) is 18.1 Å². The predicted molar refractivity (Wildman–Crippen MR) is 130 cm³/mol. The zero-order valence-corrected chi connectivity index (χ0v) is 19.7. The molecule has 3 aromatic rings. The summed E-state index contributed by atoms with van der Waals surface area (Å²) in [4.78, 5) is 27.8. The Morgan fingerprint density at radius 3 is 2.39 bits per heavy atom. The Balaban J connectivity index is 1.59. The second kappa shape index (κ2) is 9.40. The average Bonchev–Trinajstić information content (AvgIpc) is 2.81. The quantitative estimate of drug-likeness (QED) is 0.546. The molecule has 0 aliphatic carbocycles. The lowest BCUT2D eigenvalue weighted by Gasteiger charge is -2.33. The molecule has 4 rings (SSSR count). The molecule has 1 aliphatic rings. The van der Waals surface area contributed by atoms with Gasteiger partial charge in [0, 0.05) is 32.0 Å². The molecule has 1 fully saturated rings. The molecular formula is C26H27ClFN3O2. The maximum atomic E-state index is 13.5. The van der Waals surface area contributed by atoms with Crippen LogP contribution in [0.1, 0.15) is 45.8 Å². The number of likely N-dealkylation sites (tertiary alicyclic amines) is 1. The van der Waals surface area contributed by atoms with Crippen molar-refractivity contribution in [2.45, 2.75) is 32.6 Å². The van der Waals surface area contributed by atoms with Gasteiger partial charge < -0.3 is 14.8 Å². The number of piperidine rings is 1. The smallest absolute Gasteiger partial charge is 0.271 e. The predicted octanol–water partition coefficient (Wildman–Crippen LogP) is 5.56. The van der Waals surface area contributed by atoms with Crippen molar-refractivity contribution >= 4 is 28.9 Å². The Bertz CT molecular complexity index is 1250. The topological polar surface area (TPSA) is 54.3 Å². The number of hydrogen-bond donors (Lipinski definition) is 1. The first-order valence-corrected chi connectivity index (χ1v) is 11.4. The molecule has 2 heterocycles. The molecule has 33 heavy (non-hydrogen) atoms. The lowest BCUT2D eigenvalue weighted by molar-refractivity contribution is 0.0713. The Morgan fingerprint density at radius 2 is 1.76 bits per heavy atom. The van der Waals surface area contributed by atoms with Crippen LogP contribution in [-0.2, 0) is 7.05 Å². The normalized spacial score (nSPS) is 14.4. The summed E-state index contributed by atoms with van der Waals surface area (Å²) in [7, 11) is 1.59. The van der Waals surface area contributed by atoms with Gasteiger partial charge in [0.2, 0.25) is 0 Å². The van der Waals surface area contributed by atoms with Crippen LogP contribution in [-0.4, -0.2) is 28.5 Å². The molecule has 7 heteroatoms. The van der Waals surface area contributed by atoms with Crippen LogP contribution in [0.3, 0.4) is 0 Å². The molecule has 172 valence electrons. The van der Waals surface area contributed by atoms with E-state index in [9.17, 15) is 14.0 Å². The van der Waals surface area contributed by atoms with Gasteiger partial charge in [-0.25, -0.2) is 4.39 Å². The third-order valence-corrected chi connectivity index (χ3v) is 6.67. The van der Waals surface area contributed by atoms with E-state index in [2.05, 4.69) is 5.32 Å². The van der Waals surface area contributed by atoms with E-state index < -0.39 is 0 Å². The fourth-order valence-electron chi connectivity index (χ4n) is 4.39. The van der Waals surface area contributed by atoms with Crippen LogP contribution in [0.5, 0.6) is 0 Å². The van der Waals surface area contributed by atoms with Crippen molar-refractivity contribution in [3.05, 3.63) is 92.1 Å². The van der Waals surface area contributed by atoms with E-state index in [1.165, 1.54) is 16.7 Å². The highest BCUT2D eigenvalue weighted by Gasteiger charge is 2.28. The van der Waals surface area contributed by atoms with E-state index in [0.717, 1.165) is 35.2 Å². The Hall–Kier alpha value is -3.12. The molecule has 1 N–H and O–H groups in total. The van der Waals surface area contributed by atoms with E-state index in [-0.39, 0.29) is 28.2 Å². The molecule has 1 aliphatic heterocycles. The third kappa shape index (κ3) is 4.81. The third-order valence-electron chi connectivity index (χ3n) is 6.32. The summed E-state index contributed by atoms with van der Waals surface area (Å²) in [6, 6.07) is 12.5. The largest absolute Gasteiger partial charge is 0.353 e. The van der Waals surface area contributed by atoms with Crippen LogP contribution in [0.2, 0.25) is 5.02 Å². The van der Waals surface area contributed by atoms with Gasteiger partial charge >= 0.3 is 0 Å². The number of halogens is 2. The molecule has 0 spiro atoms. The number of nitrogens with one attached hydrogen (secondary N) is 1. The van der Waals surface area contributed by atoms with Crippen LogP contribution in [0.4, 0.5) is 15.8 Å². The second-order valence-electron chi connectivity index (χ2n) is 8.71. The number of carbonyl (C=O) groups excluding carboxylic acids is 1. The van der Waals surface area contributed by atoms with Crippen molar-refractivity contribution in [1.82, 2.24) is 9.47 Å². The molecular weight excluding hydrogens is 441 g/mol. The second-order valence-corrected chi connectivity index (χ2v) is 9.09. The van der Waals surface area contributed by atoms with Crippen molar-refractivity contribution in [2.75, 3.05) is 18.4 Å². The monoisotopic (exact) mass is 467 g/mol. The molecule has 5 nitrogen and oxygen atoms in total. The van der Waals surface area contributed by atoms with Crippen LogP contribution in [0.25, 0.3) is 0 Å². The molecule has 0 atom stereocenters. The highest BCUT2D eigenvalue weighted by molar-refractivity contribution is 6.34. The average molecular weight is 468 g/mol. The van der Waals surface area contributed by atoms with Crippen molar-refractivity contribution < 1.29 is 9.18 Å². The van der Waals surface area contributed by atoms with Gasteiger partial charge in [-0.1, -0.05) is 41.4 Å². The first-order valence-electron chi connectivity index (χ1n) is 11.0. The molecule has 1 saturated heterocycles. The number of benzene rings is 2. The van der Waals surface area contributed by atoms with Gasteiger partial charge in [-0.15, -0.1) is 0 Å². The molecule has 2 aromatic carbocycles. The fraction of sp³-hybridized carbons (Fsp3) is 0.308. The number of amides is 1. The minimum absolute atomic E-state index is 0.00970. The minimum Gasteiger partial charge on any atom is -0.353 e.